The van der Waals surface area contributed by atoms with E-state index in [2.05, 4.69) is 21.8 Å². The zero-order valence-electron chi connectivity index (χ0n) is 11.6. The van der Waals surface area contributed by atoms with Crippen molar-refractivity contribution in [2.45, 2.75) is 32.7 Å². The molecule has 0 aliphatic carbocycles. The van der Waals surface area contributed by atoms with Crippen molar-refractivity contribution in [2.75, 3.05) is 7.11 Å². The summed E-state index contributed by atoms with van der Waals surface area (Å²) in [5.74, 6) is 0.924. The molecule has 1 unspecified atom stereocenters. The SMILES string of the molecule is COc1c(C)cnc(CC(N)Cc2ccsc2)c1C. The lowest BCUT2D eigenvalue weighted by atomic mass is 10.0. The Labute approximate surface area is 118 Å². The maximum Gasteiger partial charge on any atom is 0.128 e. The van der Waals surface area contributed by atoms with Crippen molar-refractivity contribution in [2.24, 2.45) is 5.73 Å². The van der Waals surface area contributed by atoms with Crippen molar-refractivity contribution in [3.05, 3.63) is 45.4 Å². The van der Waals surface area contributed by atoms with Crippen molar-refractivity contribution >= 4 is 11.3 Å². The molecule has 0 aromatic carbocycles. The van der Waals surface area contributed by atoms with Crippen molar-refractivity contribution in [1.29, 1.82) is 0 Å². The first-order valence-corrected chi connectivity index (χ1v) is 7.31. The molecule has 4 heteroatoms. The fraction of sp³-hybridized carbons (Fsp3) is 0.400. The zero-order chi connectivity index (χ0) is 13.8. The fourth-order valence-corrected chi connectivity index (χ4v) is 2.99. The molecule has 0 aliphatic rings. The van der Waals surface area contributed by atoms with Gasteiger partial charge in [0.15, 0.2) is 0 Å². The highest BCUT2D eigenvalue weighted by Gasteiger charge is 2.13. The minimum atomic E-state index is 0.0909. The van der Waals surface area contributed by atoms with Gasteiger partial charge in [-0.15, -0.1) is 0 Å². The minimum Gasteiger partial charge on any atom is -0.496 e. The maximum absolute atomic E-state index is 6.22. The summed E-state index contributed by atoms with van der Waals surface area (Å²) in [4.78, 5) is 4.50. The van der Waals surface area contributed by atoms with E-state index in [-0.39, 0.29) is 6.04 Å². The highest BCUT2D eigenvalue weighted by atomic mass is 32.1. The van der Waals surface area contributed by atoms with Crippen molar-refractivity contribution in [3.63, 3.8) is 0 Å². The monoisotopic (exact) mass is 276 g/mol. The lowest BCUT2D eigenvalue weighted by molar-refractivity contribution is 0.406. The van der Waals surface area contributed by atoms with E-state index < -0.39 is 0 Å². The molecule has 0 aliphatic heterocycles. The van der Waals surface area contributed by atoms with Gasteiger partial charge < -0.3 is 10.5 Å². The summed E-state index contributed by atoms with van der Waals surface area (Å²) in [6.45, 7) is 4.05. The number of pyridine rings is 1. The molecule has 2 N–H and O–H groups in total. The molecule has 0 saturated carbocycles. The van der Waals surface area contributed by atoms with Gasteiger partial charge in [-0.1, -0.05) is 0 Å². The second-order valence-electron chi connectivity index (χ2n) is 4.85. The molecule has 102 valence electrons. The van der Waals surface area contributed by atoms with Gasteiger partial charge in [0.1, 0.15) is 5.75 Å². The number of nitrogens with zero attached hydrogens (tertiary/aromatic N) is 1. The van der Waals surface area contributed by atoms with Crippen LogP contribution in [0.3, 0.4) is 0 Å². The molecule has 2 rings (SSSR count). The number of hydrogen-bond acceptors (Lipinski definition) is 4. The first-order valence-electron chi connectivity index (χ1n) is 6.37. The average molecular weight is 276 g/mol. The van der Waals surface area contributed by atoms with Crippen LogP contribution in [0.1, 0.15) is 22.4 Å². The first-order chi connectivity index (χ1) is 9.11. The van der Waals surface area contributed by atoms with Crippen molar-refractivity contribution in [1.82, 2.24) is 4.98 Å². The Morgan fingerprint density at radius 3 is 2.79 bits per heavy atom. The van der Waals surface area contributed by atoms with Gasteiger partial charge in [-0.05, 0) is 42.7 Å². The molecule has 0 bridgehead atoms. The second kappa shape index (κ2) is 6.17. The standard InChI is InChI=1S/C15H20N2OS/c1-10-8-17-14(11(2)15(10)18-3)7-13(16)6-12-4-5-19-9-12/h4-5,8-9,13H,6-7,16H2,1-3H3. The van der Waals surface area contributed by atoms with E-state index in [0.29, 0.717) is 0 Å². The lowest BCUT2D eigenvalue weighted by Gasteiger charge is -2.15. The van der Waals surface area contributed by atoms with Gasteiger partial charge in [-0.2, -0.15) is 11.3 Å². The van der Waals surface area contributed by atoms with Crippen LogP contribution >= 0.6 is 11.3 Å². The molecule has 1 atom stereocenters. The Morgan fingerprint density at radius 2 is 2.16 bits per heavy atom. The number of nitrogens with two attached hydrogens (primary N) is 1. The predicted octanol–water partition coefficient (Wildman–Crippen LogP) is 2.88. The van der Waals surface area contributed by atoms with Crippen LogP contribution in [-0.2, 0) is 12.8 Å². The Balaban J connectivity index is 2.10. The van der Waals surface area contributed by atoms with Crippen molar-refractivity contribution in [3.8, 4) is 5.75 Å². The maximum atomic E-state index is 6.22. The normalized spacial score (nSPS) is 12.4. The van der Waals surface area contributed by atoms with Gasteiger partial charge in [0.25, 0.3) is 0 Å². The molecule has 19 heavy (non-hydrogen) atoms. The number of rotatable bonds is 5. The van der Waals surface area contributed by atoms with Crippen LogP contribution in [0.25, 0.3) is 0 Å². The molecule has 2 aromatic heterocycles. The van der Waals surface area contributed by atoms with Crippen LogP contribution in [0.2, 0.25) is 0 Å². The fourth-order valence-electron chi connectivity index (χ4n) is 2.31. The summed E-state index contributed by atoms with van der Waals surface area (Å²) in [6.07, 6.45) is 3.53. The van der Waals surface area contributed by atoms with Crippen LogP contribution in [0.5, 0.6) is 5.75 Å². The quantitative estimate of drug-likeness (QED) is 0.913. The summed E-state index contributed by atoms with van der Waals surface area (Å²) < 4.78 is 5.42. The second-order valence-corrected chi connectivity index (χ2v) is 5.63. The van der Waals surface area contributed by atoms with Crippen LogP contribution < -0.4 is 10.5 Å². The number of thiophene rings is 1. The van der Waals surface area contributed by atoms with Gasteiger partial charge >= 0.3 is 0 Å². The number of hydrogen-bond donors (Lipinski definition) is 1. The predicted molar refractivity (Wildman–Crippen MR) is 80.0 cm³/mol. The van der Waals surface area contributed by atoms with Crippen LogP contribution in [0.15, 0.2) is 23.0 Å². The molecule has 2 heterocycles. The molecular weight excluding hydrogens is 256 g/mol. The summed E-state index contributed by atoms with van der Waals surface area (Å²) in [5.41, 5.74) is 10.7. The molecule has 0 spiro atoms. The van der Waals surface area contributed by atoms with E-state index >= 15 is 0 Å². The minimum absolute atomic E-state index is 0.0909. The summed E-state index contributed by atoms with van der Waals surface area (Å²) in [6, 6.07) is 2.22. The summed E-state index contributed by atoms with van der Waals surface area (Å²) in [7, 11) is 1.70. The third-order valence-corrected chi connectivity index (χ3v) is 4.02. The number of aromatic nitrogens is 1. The van der Waals surface area contributed by atoms with Crippen LogP contribution in [0, 0.1) is 13.8 Å². The Kier molecular flexibility index (Phi) is 4.56. The van der Waals surface area contributed by atoms with E-state index in [1.165, 1.54) is 5.56 Å². The lowest BCUT2D eigenvalue weighted by Crippen LogP contribution is -2.26. The van der Waals surface area contributed by atoms with E-state index in [1.54, 1.807) is 18.4 Å². The highest BCUT2D eigenvalue weighted by Crippen LogP contribution is 2.24. The van der Waals surface area contributed by atoms with E-state index in [9.17, 15) is 0 Å². The Morgan fingerprint density at radius 1 is 1.37 bits per heavy atom. The Hall–Kier alpha value is -1.39. The molecule has 0 fully saturated rings. The molecule has 0 saturated heterocycles. The third kappa shape index (κ3) is 3.33. The largest absolute Gasteiger partial charge is 0.496 e. The average Bonchev–Trinajstić information content (AvgIpc) is 2.86. The number of ether oxygens (including phenoxy) is 1. The van der Waals surface area contributed by atoms with Crippen LogP contribution in [-0.4, -0.2) is 18.1 Å². The Bertz CT molecular complexity index is 537. The van der Waals surface area contributed by atoms with Gasteiger partial charge in [-0.3, -0.25) is 4.98 Å². The van der Waals surface area contributed by atoms with Gasteiger partial charge in [-0.25, -0.2) is 0 Å². The smallest absolute Gasteiger partial charge is 0.128 e. The highest BCUT2D eigenvalue weighted by molar-refractivity contribution is 7.07. The molecule has 0 radical (unpaired) electrons. The molecular formula is C15H20N2OS. The summed E-state index contributed by atoms with van der Waals surface area (Å²) in [5, 5.41) is 4.23. The van der Waals surface area contributed by atoms with Gasteiger partial charge in [0.05, 0.1) is 7.11 Å². The first kappa shape index (κ1) is 14.0. The number of methoxy groups -OCH3 is 1. The van der Waals surface area contributed by atoms with E-state index in [4.69, 9.17) is 10.5 Å². The molecule has 3 nitrogen and oxygen atoms in total. The molecule has 2 aromatic rings. The van der Waals surface area contributed by atoms with E-state index in [1.807, 2.05) is 20.0 Å². The summed E-state index contributed by atoms with van der Waals surface area (Å²) >= 11 is 1.71. The topological polar surface area (TPSA) is 48.1 Å². The van der Waals surface area contributed by atoms with Gasteiger partial charge in [0, 0.05) is 35.5 Å². The number of aryl methyl sites for hydroxylation is 1. The zero-order valence-corrected chi connectivity index (χ0v) is 12.5. The third-order valence-electron chi connectivity index (χ3n) is 3.28. The van der Waals surface area contributed by atoms with Crippen LogP contribution in [0.4, 0.5) is 0 Å². The van der Waals surface area contributed by atoms with E-state index in [0.717, 1.165) is 35.4 Å². The molecule has 0 amide bonds. The van der Waals surface area contributed by atoms with Crippen molar-refractivity contribution < 1.29 is 4.74 Å². The van der Waals surface area contributed by atoms with Gasteiger partial charge in [0.2, 0.25) is 0 Å².